The van der Waals surface area contributed by atoms with Crippen molar-refractivity contribution in [2.45, 2.75) is 32.2 Å². The molecule has 3 fully saturated rings. The third kappa shape index (κ3) is 2.54. The Morgan fingerprint density at radius 2 is 1.89 bits per heavy atom. The Bertz CT molecular complexity index is 310. The van der Waals surface area contributed by atoms with Crippen LogP contribution >= 0.6 is 0 Å². The molecule has 0 radical (unpaired) electrons. The van der Waals surface area contributed by atoms with Gasteiger partial charge in [-0.1, -0.05) is 6.92 Å². The first-order valence-corrected chi connectivity index (χ1v) is 7.49. The zero-order chi connectivity index (χ0) is 12.5. The lowest BCUT2D eigenvalue weighted by atomic mass is 10.1. The number of hydrogen-bond donors (Lipinski definition) is 1. The van der Waals surface area contributed by atoms with Crippen LogP contribution in [0, 0.1) is 11.8 Å². The van der Waals surface area contributed by atoms with Crippen LogP contribution < -0.4 is 5.32 Å². The van der Waals surface area contributed by atoms with Gasteiger partial charge in [-0.05, 0) is 25.2 Å². The molecular formula is C14H25N3O. The lowest BCUT2D eigenvalue weighted by Gasteiger charge is -2.32. The second-order valence-corrected chi connectivity index (χ2v) is 6.14. The Kier molecular flexibility index (Phi) is 3.57. The van der Waals surface area contributed by atoms with Crippen molar-refractivity contribution in [3.05, 3.63) is 0 Å². The van der Waals surface area contributed by atoms with Crippen LogP contribution in [0.1, 0.15) is 26.2 Å². The molecule has 102 valence electrons. The fourth-order valence-corrected chi connectivity index (χ4v) is 3.37. The van der Waals surface area contributed by atoms with Gasteiger partial charge in [0.1, 0.15) is 0 Å². The van der Waals surface area contributed by atoms with Crippen molar-refractivity contribution < 1.29 is 4.79 Å². The van der Waals surface area contributed by atoms with Gasteiger partial charge in [0.25, 0.3) is 0 Å². The number of amides is 1. The largest absolute Gasteiger partial charge is 0.341 e. The van der Waals surface area contributed by atoms with Gasteiger partial charge in [-0.2, -0.15) is 0 Å². The fourth-order valence-electron chi connectivity index (χ4n) is 3.37. The molecule has 1 N–H and O–H groups in total. The van der Waals surface area contributed by atoms with Crippen LogP contribution in [-0.2, 0) is 4.79 Å². The van der Waals surface area contributed by atoms with Gasteiger partial charge < -0.3 is 10.2 Å². The second-order valence-electron chi connectivity index (χ2n) is 6.14. The molecule has 0 spiro atoms. The molecule has 1 amide bonds. The summed E-state index contributed by atoms with van der Waals surface area (Å²) in [4.78, 5) is 17.0. The molecule has 2 saturated heterocycles. The van der Waals surface area contributed by atoms with Crippen LogP contribution in [0.15, 0.2) is 0 Å². The summed E-state index contributed by atoms with van der Waals surface area (Å²) in [6.45, 7) is 8.56. The third-order valence-electron chi connectivity index (χ3n) is 4.86. The van der Waals surface area contributed by atoms with Crippen molar-refractivity contribution >= 4 is 5.91 Å². The van der Waals surface area contributed by atoms with Gasteiger partial charge in [0.05, 0.1) is 0 Å². The summed E-state index contributed by atoms with van der Waals surface area (Å²) < 4.78 is 0. The molecule has 1 saturated carbocycles. The first-order valence-electron chi connectivity index (χ1n) is 7.49. The minimum absolute atomic E-state index is 0.270. The summed E-state index contributed by atoms with van der Waals surface area (Å²) in [6.07, 6.45) is 3.70. The van der Waals surface area contributed by atoms with Crippen LogP contribution in [0.2, 0.25) is 0 Å². The van der Waals surface area contributed by atoms with Crippen LogP contribution in [0.3, 0.4) is 0 Å². The van der Waals surface area contributed by atoms with Crippen molar-refractivity contribution in [2.24, 2.45) is 11.8 Å². The van der Waals surface area contributed by atoms with Crippen molar-refractivity contribution in [1.82, 2.24) is 15.1 Å². The van der Waals surface area contributed by atoms with Gasteiger partial charge in [0.2, 0.25) is 5.91 Å². The Morgan fingerprint density at radius 3 is 2.56 bits per heavy atom. The molecular weight excluding hydrogens is 226 g/mol. The Hall–Kier alpha value is -0.610. The molecule has 2 heterocycles. The summed E-state index contributed by atoms with van der Waals surface area (Å²) in [5, 5.41) is 3.39. The number of hydrogen-bond acceptors (Lipinski definition) is 3. The lowest BCUT2D eigenvalue weighted by molar-refractivity contribution is -0.134. The van der Waals surface area contributed by atoms with E-state index >= 15 is 0 Å². The molecule has 2 aliphatic heterocycles. The van der Waals surface area contributed by atoms with E-state index in [2.05, 4.69) is 22.0 Å². The second kappa shape index (κ2) is 5.17. The van der Waals surface area contributed by atoms with Crippen molar-refractivity contribution in [3.63, 3.8) is 0 Å². The number of nitrogens with zero attached hydrogens (tertiary/aromatic N) is 2. The summed E-state index contributed by atoms with van der Waals surface area (Å²) in [5.41, 5.74) is 0. The highest BCUT2D eigenvalue weighted by molar-refractivity contribution is 5.79. The molecule has 0 aromatic rings. The molecule has 4 heteroatoms. The summed E-state index contributed by atoms with van der Waals surface area (Å²) in [5.74, 6) is 1.37. The van der Waals surface area contributed by atoms with E-state index < -0.39 is 0 Å². The van der Waals surface area contributed by atoms with Gasteiger partial charge in [-0.25, -0.2) is 0 Å². The molecule has 1 aliphatic carbocycles. The smallest absolute Gasteiger partial charge is 0.225 e. The maximum atomic E-state index is 12.4. The van der Waals surface area contributed by atoms with Crippen LogP contribution in [0.5, 0.6) is 0 Å². The highest BCUT2D eigenvalue weighted by Gasteiger charge is 2.38. The predicted octanol–water partition coefficient (Wildman–Crippen LogP) is 0.539. The average Bonchev–Trinajstić information content (AvgIpc) is 3.15. The topological polar surface area (TPSA) is 35.6 Å². The quantitative estimate of drug-likeness (QED) is 0.795. The zero-order valence-electron chi connectivity index (χ0n) is 11.4. The van der Waals surface area contributed by atoms with Gasteiger partial charge in [-0.3, -0.25) is 9.69 Å². The fraction of sp³-hybridized carbons (Fsp3) is 0.929. The Labute approximate surface area is 110 Å². The van der Waals surface area contributed by atoms with E-state index in [4.69, 9.17) is 0 Å². The molecule has 0 bridgehead atoms. The van der Waals surface area contributed by atoms with E-state index in [9.17, 15) is 4.79 Å². The average molecular weight is 251 g/mol. The maximum Gasteiger partial charge on any atom is 0.225 e. The first-order chi connectivity index (χ1) is 8.75. The Morgan fingerprint density at radius 1 is 1.17 bits per heavy atom. The highest BCUT2D eigenvalue weighted by atomic mass is 16.2. The number of piperazine rings is 1. The molecule has 3 rings (SSSR count). The Balaban J connectivity index is 1.52. The monoisotopic (exact) mass is 251 g/mol. The lowest BCUT2D eigenvalue weighted by Crippen LogP contribution is -2.49. The van der Waals surface area contributed by atoms with Gasteiger partial charge in [0.15, 0.2) is 0 Å². The van der Waals surface area contributed by atoms with E-state index in [0.29, 0.717) is 17.9 Å². The van der Waals surface area contributed by atoms with E-state index in [1.807, 2.05) is 0 Å². The van der Waals surface area contributed by atoms with Crippen molar-refractivity contribution in [3.8, 4) is 0 Å². The third-order valence-corrected chi connectivity index (χ3v) is 4.86. The van der Waals surface area contributed by atoms with Crippen LogP contribution in [-0.4, -0.2) is 61.0 Å². The molecule has 3 aliphatic rings. The number of likely N-dealkylation sites (tertiary alicyclic amines) is 1. The van der Waals surface area contributed by atoms with E-state index in [1.54, 1.807) is 0 Å². The van der Waals surface area contributed by atoms with E-state index in [1.165, 1.54) is 19.3 Å². The standard InChI is InChI=1S/C14H25N3O/c1-11(12-2-3-12)14(18)17-7-4-13(10-17)16-8-5-15-6-9-16/h11-13,15H,2-10H2,1H3. The number of rotatable bonds is 3. The maximum absolute atomic E-state index is 12.4. The van der Waals surface area contributed by atoms with Crippen LogP contribution in [0.4, 0.5) is 0 Å². The number of carbonyl (C=O) groups excluding carboxylic acids is 1. The zero-order valence-corrected chi connectivity index (χ0v) is 11.4. The number of nitrogens with one attached hydrogen (secondary N) is 1. The van der Waals surface area contributed by atoms with Crippen molar-refractivity contribution in [2.75, 3.05) is 39.3 Å². The number of carbonyl (C=O) groups is 1. The minimum atomic E-state index is 0.270. The highest BCUT2D eigenvalue weighted by Crippen LogP contribution is 2.37. The summed E-state index contributed by atoms with van der Waals surface area (Å²) >= 11 is 0. The minimum Gasteiger partial charge on any atom is -0.341 e. The van der Waals surface area contributed by atoms with E-state index in [-0.39, 0.29) is 5.92 Å². The van der Waals surface area contributed by atoms with Crippen molar-refractivity contribution in [1.29, 1.82) is 0 Å². The molecule has 0 aromatic heterocycles. The van der Waals surface area contributed by atoms with Gasteiger partial charge in [0, 0.05) is 51.2 Å². The van der Waals surface area contributed by atoms with E-state index in [0.717, 1.165) is 39.3 Å². The SMILES string of the molecule is CC(C(=O)N1CCC(N2CCNCC2)C1)C1CC1. The predicted molar refractivity (Wildman–Crippen MR) is 71.3 cm³/mol. The normalized spacial score (nSPS) is 31.6. The van der Waals surface area contributed by atoms with Gasteiger partial charge >= 0.3 is 0 Å². The molecule has 2 atom stereocenters. The molecule has 0 aromatic carbocycles. The molecule has 2 unspecified atom stereocenters. The summed E-state index contributed by atoms with van der Waals surface area (Å²) in [6, 6.07) is 0.613. The molecule has 18 heavy (non-hydrogen) atoms. The summed E-state index contributed by atoms with van der Waals surface area (Å²) in [7, 11) is 0. The molecule has 4 nitrogen and oxygen atoms in total. The van der Waals surface area contributed by atoms with Crippen LogP contribution in [0.25, 0.3) is 0 Å². The van der Waals surface area contributed by atoms with Gasteiger partial charge in [-0.15, -0.1) is 0 Å². The first kappa shape index (κ1) is 12.4.